The Morgan fingerprint density at radius 3 is 2.42 bits per heavy atom. The second-order valence-corrected chi connectivity index (χ2v) is 9.87. The Labute approximate surface area is 213 Å². The van der Waals surface area contributed by atoms with E-state index in [1.807, 2.05) is 60.7 Å². The van der Waals surface area contributed by atoms with E-state index in [0.717, 1.165) is 32.9 Å². The van der Waals surface area contributed by atoms with Gasteiger partial charge in [0.15, 0.2) is 11.5 Å². The molecule has 1 saturated heterocycles. The summed E-state index contributed by atoms with van der Waals surface area (Å²) in [5.41, 5.74) is 2.62. The lowest BCUT2D eigenvalue weighted by atomic mass is 10.1. The van der Waals surface area contributed by atoms with Crippen molar-refractivity contribution in [1.82, 2.24) is 4.90 Å². The molecule has 1 aliphatic heterocycles. The summed E-state index contributed by atoms with van der Waals surface area (Å²) in [6.45, 7) is 0.603. The molecule has 0 saturated carbocycles. The minimum atomic E-state index is -0.319. The van der Waals surface area contributed by atoms with Crippen molar-refractivity contribution in [2.45, 2.75) is 13.2 Å². The van der Waals surface area contributed by atoms with Gasteiger partial charge in [0, 0.05) is 4.47 Å². The number of benzene rings is 3. The van der Waals surface area contributed by atoms with Gasteiger partial charge in [0.2, 0.25) is 0 Å². The van der Waals surface area contributed by atoms with E-state index in [4.69, 9.17) is 9.47 Å². The van der Waals surface area contributed by atoms with Gasteiger partial charge in [0.05, 0.1) is 23.0 Å². The maximum atomic E-state index is 12.9. The first kappa shape index (κ1) is 23.6. The number of hydrogen-bond donors (Lipinski definition) is 0. The van der Waals surface area contributed by atoms with Gasteiger partial charge < -0.3 is 9.47 Å². The number of carbonyl (C=O) groups is 2. The van der Waals surface area contributed by atoms with Gasteiger partial charge in [0.25, 0.3) is 11.1 Å². The third kappa shape index (κ3) is 5.51. The van der Waals surface area contributed by atoms with E-state index in [1.54, 1.807) is 19.3 Å². The Bertz CT molecular complexity index is 1230. The van der Waals surface area contributed by atoms with Gasteiger partial charge in [-0.2, -0.15) is 0 Å². The zero-order valence-corrected chi connectivity index (χ0v) is 21.6. The molecule has 8 heteroatoms. The number of halogens is 2. The summed E-state index contributed by atoms with van der Waals surface area (Å²) in [6.07, 6.45) is 1.69. The van der Waals surface area contributed by atoms with Crippen LogP contribution in [0, 0.1) is 0 Å². The molecule has 0 N–H and O–H groups in total. The normalized spacial score (nSPS) is 14.8. The van der Waals surface area contributed by atoms with E-state index >= 15 is 0 Å². The van der Waals surface area contributed by atoms with Crippen LogP contribution in [0.25, 0.3) is 6.08 Å². The van der Waals surface area contributed by atoms with Crippen LogP contribution in [0.1, 0.15) is 16.7 Å². The number of thioether (sulfide) groups is 1. The van der Waals surface area contributed by atoms with Crippen LogP contribution in [-0.4, -0.2) is 23.2 Å². The van der Waals surface area contributed by atoms with Crippen LogP contribution >= 0.6 is 43.6 Å². The van der Waals surface area contributed by atoms with Crippen molar-refractivity contribution in [3.05, 3.63) is 97.3 Å². The predicted molar refractivity (Wildman–Crippen MR) is 137 cm³/mol. The molecule has 33 heavy (non-hydrogen) atoms. The standard InChI is InChI=1S/C25H19Br2NO4S/c1-31-21-12-17(11-20(27)23(21)32-15-16-7-3-2-4-8-16)13-22-24(29)28(25(30)33-22)14-18-9-5-6-10-19(18)26/h2-13H,14-15H2,1H3/b22-13-. The SMILES string of the molecule is COc1cc(/C=C2\SC(=O)N(Cc3ccccc3Br)C2=O)cc(Br)c1OCc1ccccc1. The van der Waals surface area contributed by atoms with E-state index in [0.29, 0.717) is 27.5 Å². The zero-order valence-electron chi connectivity index (χ0n) is 17.6. The highest BCUT2D eigenvalue weighted by Crippen LogP contribution is 2.40. The molecule has 168 valence electrons. The average Bonchev–Trinajstić information content (AvgIpc) is 3.07. The van der Waals surface area contributed by atoms with E-state index in [1.165, 1.54) is 4.90 Å². The fraction of sp³-hybridized carbons (Fsp3) is 0.120. The molecule has 0 aromatic heterocycles. The van der Waals surface area contributed by atoms with Crippen LogP contribution in [0.4, 0.5) is 4.79 Å². The highest BCUT2D eigenvalue weighted by Gasteiger charge is 2.35. The summed E-state index contributed by atoms with van der Waals surface area (Å²) in [5.74, 6) is 0.778. The van der Waals surface area contributed by atoms with Gasteiger partial charge in [-0.3, -0.25) is 14.5 Å². The highest BCUT2D eigenvalue weighted by atomic mass is 79.9. The van der Waals surface area contributed by atoms with Crippen molar-refractivity contribution in [3.8, 4) is 11.5 Å². The summed E-state index contributed by atoms with van der Waals surface area (Å²) in [7, 11) is 1.56. The summed E-state index contributed by atoms with van der Waals surface area (Å²) in [5, 5.41) is -0.296. The molecule has 4 rings (SSSR count). The minimum Gasteiger partial charge on any atom is -0.493 e. The molecular weight excluding hydrogens is 570 g/mol. The molecule has 0 spiro atoms. The van der Waals surface area contributed by atoms with Crippen LogP contribution in [0.5, 0.6) is 11.5 Å². The first-order chi connectivity index (χ1) is 16.0. The number of hydrogen-bond acceptors (Lipinski definition) is 5. The van der Waals surface area contributed by atoms with Crippen LogP contribution in [-0.2, 0) is 17.9 Å². The maximum absolute atomic E-state index is 12.9. The Hall–Kier alpha value is -2.55. The summed E-state index contributed by atoms with van der Waals surface area (Å²) >= 11 is 7.94. The molecular formula is C25H19Br2NO4S. The van der Waals surface area contributed by atoms with Crippen molar-refractivity contribution < 1.29 is 19.1 Å². The quantitative estimate of drug-likeness (QED) is 0.277. The van der Waals surface area contributed by atoms with Crippen molar-refractivity contribution in [2.24, 2.45) is 0 Å². The largest absolute Gasteiger partial charge is 0.493 e. The van der Waals surface area contributed by atoms with Crippen LogP contribution < -0.4 is 9.47 Å². The average molecular weight is 589 g/mol. The van der Waals surface area contributed by atoms with Gasteiger partial charge in [-0.25, -0.2) is 0 Å². The second kappa shape index (κ2) is 10.6. The van der Waals surface area contributed by atoms with Crippen molar-refractivity contribution in [1.29, 1.82) is 0 Å². The lowest BCUT2D eigenvalue weighted by Gasteiger charge is -2.14. The molecule has 2 amide bonds. The Kier molecular flexibility index (Phi) is 7.57. The number of rotatable bonds is 7. The minimum absolute atomic E-state index is 0.211. The van der Waals surface area contributed by atoms with E-state index in [9.17, 15) is 9.59 Å². The maximum Gasteiger partial charge on any atom is 0.293 e. The molecule has 0 atom stereocenters. The molecule has 3 aromatic rings. The molecule has 0 unspecified atom stereocenters. The molecule has 1 heterocycles. The monoisotopic (exact) mass is 587 g/mol. The Morgan fingerprint density at radius 2 is 1.70 bits per heavy atom. The van der Waals surface area contributed by atoms with Crippen LogP contribution in [0.15, 0.2) is 80.6 Å². The lowest BCUT2D eigenvalue weighted by molar-refractivity contribution is -0.123. The summed E-state index contributed by atoms with van der Waals surface area (Å²) < 4.78 is 13.0. The van der Waals surface area contributed by atoms with Crippen molar-refractivity contribution in [3.63, 3.8) is 0 Å². The molecule has 0 bridgehead atoms. The Balaban J connectivity index is 1.54. The van der Waals surface area contributed by atoms with Gasteiger partial charge in [-0.15, -0.1) is 0 Å². The summed E-state index contributed by atoms with van der Waals surface area (Å²) in [6, 6.07) is 21.0. The van der Waals surface area contributed by atoms with E-state index < -0.39 is 0 Å². The van der Waals surface area contributed by atoms with Crippen LogP contribution in [0.2, 0.25) is 0 Å². The topological polar surface area (TPSA) is 55.8 Å². The fourth-order valence-corrected chi connectivity index (χ4v) is 5.10. The number of imide groups is 1. The van der Waals surface area contributed by atoms with Gasteiger partial charge in [-0.05, 0) is 68.7 Å². The first-order valence-corrected chi connectivity index (χ1v) is 12.4. The molecule has 1 fully saturated rings. The molecule has 5 nitrogen and oxygen atoms in total. The smallest absolute Gasteiger partial charge is 0.293 e. The Morgan fingerprint density at radius 1 is 0.970 bits per heavy atom. The number of carbonyl (C=O) groups excluding carboxylic acids is 2. The number of methoxy groups -OCH3 is 1. The van der Waals surface area contributed by atoms with E-state index in [2.05, 4.69) is 31.9 Å². The lowest BCUT2D eigenvalue weighted by Crippen LogP contribution is -2.27. The van der Waals surface area contributed by atoms with E-state index in [-0.39, 0.29) is 17.7 Å². The third-order valence-electron chi connectivity index (χ3n) is 4.94. The number of amides is 2. The predicted octanol–water partition coefficient (Wildman–Crippen LogP) is 7.04. The molecule has 1 aliphatic rings. The number of ether oxygens (including phenoxy) is 2. The fourth-order valence-electron chi connectivity index (χ4n) is 3.28. The molecule has 0 radical (unpaired) electrons. The van der Waals surface area contributed by atoms with Crippen molar-refractivity contribution >= 4 is 60.8 Å². The molecule has 0 aliphatic carbocycles. The van der Waals surface area contributed by atoms with Crippen molar-refractivity contribution in [2.75, 3.05) is 7.11 Å². The first-order valence-electron chi connectivity index (χ1n) is 9.99. The van der Waals surface area contributed by atoms with Gasteiger partial charge >= 0.3 is 0 Å². The van der Waals surface area contributed by atoms with Gasteiger partial charge in [-0.1, -0.05) is 64.5 Å². The van der Waals surface area contributed by atoms with Crippen LogP contribution in [0.3, 0.4) is 0 Å². The zero-order chi connectivity index (χ0) is 23.4. The second-order valence-electron chi connectivity index (χ2n) is 7.17. The molecule has 3 aromatic carbocycles. The van der Waals surface area contributed by atoms with Gasteiger partial charge in [0.1, 0.15) is 6.61 Å². The third-order valence-corrected chi connectivity index (χ3v) is 7.21. The highest BCUT2D eigenvalue weighted by molar-refractivity contribution is 9.10. The number of nitrogens with zero attached hydrogens (tertiary/aromatic N) is 1. The summed E-state index contributed by atoms with van der Waals surface area (Å²) in [4.78, 5) is 27.1.